The zero-order chi connectivity index (χ0) is 12.4. The Morgan fingerprint density at radius 3 is 2.76 bits per heavy atom. The van der Waals surface area contributed by atoms with E-state index in [1.165, 1.54) is 19.3 Å². The van der Waals surface area contributed by atoms with Crippen LogP contribution in [0, 0.1) is 5.92 Å². The van der Waals surface area contributed by atoms with Crippen LogP contribution in [0.5, 0.6) is 0 Å². The third-order valence-corrected chi connectivity index (χ3v) is 4.71. The number of halogens is 2. The topological polar surface area (TPSA) is 38.0 Å². The van der Waals surface area contributed by atoms with Crippen molar-refractivity contribution in [1.29, 1.82) is 0 Å². The second-order valence-corrected chi connectivity index (χ2v) is 6.63. The van der Waals surface area contributed by atoms with Crippen LogP contribution in [0.4, 0.5) is 5.69 Å². The molecule has 2 atom stereocenters. The monoisotopic (exact) mass is 360 g/mol. The largest absolute Gasteiger partial charge is 0.398 e. The van der Waals surface area contributed by atoms with Gasteiger partial charge in [0.15, 0.2) is 0 Å². The van der Waals surface area contributed by atoms with Gasteiger partial charge in [0.05, 0.1) is 5.69 Å². The summed E-state index contributed by atoms with van der Waals surface area (Å²) in [5.74, 6) is 0.784. The lowest BCUT2D eigenvalue weighted by Crippen LogP contribution is -2.30. The summed E-state index contributed by atoms with van der Waals surface area (Å²) in [5.41, 5.74) is 8.06. The minimum atomic E-state index is 0.646. The molecule has 0 saturated heterocycles. The van der Waals surface area contributed by atoms with Gasteiger partial charge in [-0.25, -0.2) is 0 Å². The van der Waals surface area contributed by atoms with Gasteiger partial charge in [-0.3, -0.25) is 0 Å². The van der Waals surface area contributed by atoms with Gasteiger partial charge >= 0.3 is 0 Å². The van der Waals surface area contributed by atoms with Crippen molar-refractivity contribution in [3.63, 3.8) is 0 Å². The Morgan fingerprint density at radius 1 is 1.35 bits per heavy atom. The van der Waals surface area contributed by atoms with E-state index in [-0.39, 0.29) is 0 Å². The molecular weight excluding hydrogens is 344 g/mol. The summed E-state index contributed by atoms with van der Waals surface area (Å²) in [6.45, 7) is 3.17. The minimum absolute atomic E-state index is 0.646. The van der Waals surface area contributed by atoms with Crippen molar-refractivity contribution < 1.29 is 0 Å². The highest BCUT2D eigenvalue weighted by molar-refractivity contribution is 9.11. The lowest BCUT2D eigenvalue weighted by Gasteiger charge is -2.18. The Labute approximate surface area is 120 Å². The summed E-state index contributed by atoms with van der Waals surface area (Å²) in [6.07, 6.45) is 3.97. The van der Waals surface area contributed by atoms with Crippen LogP contribution >= 0.6 is 31.9 Å². The van der Waals surface area contributed by atoms with Crippen molar-refractivity contribution in [1.82, 2.24) is 5.32 Å². The molecule has 0 bridgehead atoms. The molecule has 1 aromatic rings. The second-order valence-electron chi connectivity index (χ2n) is 4.86. The quantitative estimate of drug-likeness (QED) is 0.796. The molecule has 0 aliphatic heterocycles. The Hall–Kier alpha value is -0.0600. The highest BCUT2D eigenvalue weighted by Gasteiger charge is 2.22. The van der Waals surface area contributed by atoms with Gasteiger partial charge in [0.25, 0.3) is 0 Å². The molecule has 3 N–H and O–H groups in total. The number of anilines is 1. The van der Waals surface area contributed by atoms with E-state index >= 15 is 0 Å². The van der Waals surface area contributed by atoms with Crippen molar-refractivity contribution >= 4 is 37.5 Å². The van der Waals surface area contributed by atoms with Crippen molar-refractivity contribution in [2.45, 2.75) is 38.8 Å². The molecule has 0 radical (unpaired) electrons. The molecule has 2 rings (SSSR count). The normalized spacial score (nSPS) is 24.2. The standard InChI is InChI=1S/C13H18Br2N2/c1-8-3-2-4-12(8)17-7-9-5-10(14)6-11(15)13(9)16/h5-6,8,12,17H,2-4,7,16H2,1H3/t8-,12+/m0/s1. The van der Waals surface area contributed by atoms with E-state index in [9.17, 15) is 0 Å². The first-order valence-electron chi connectivity index (χ1n) is 6.04. The van der Waals surface area contributed by atoms with Gasteiger partial charge in [0.2, 0.25) is 0 Å². The van der Waals surface area contributed by atoms with Crippen LogP contribution in [0.25, 0.3) is 0 Å². The van der Waals surface area contributed by atoms with Gasteiger partial charge in [-0.05, 0) is 52.4 Å². The molecule has 1 aliphatic carbocycles. The molecule has 0 spiro atoms. The molecule has 1 aliphatic rings. The summed E-state index contributed by atoms with van der Waals surface area (Å²) < 4.78 is 2.03. The van der Waals surface area contributed by atoms with Crippen molar-refractivity contribution in [2.75, 3.05) is 5.73 Å². The number of nitrogens with two attached hydrogens (primary N) is 1. The molecule has 1 saturated carbocycles. The summed E-state index contributed by atoms with van der Waals surface area (Å²) in [7, 11) is 0. The molecule has 0 aromatic heterocycles. The third-order valence-electron chi connectivity index (χ3n) is 3.60. The first-order valence-corrected chi connectivity index (χ1v) is 7.63. The molecule has 94 valence electrons. The lowest BCUT2D eigenvalue weighted by atomic mass is 10.1. The molecular formula is C13H18Br2N2. The molecule has 2 nitrogen and oxygen atoms in total. The SMILES string of the molecule is C[C@H]1CCC[C@H]1NCc1cc(Br)cc(Br)c1N. The Morgan fingerprint density at radius 2 is 2.12 bits per heavy atom. The van der Waals surface area contributed by atoms with Gasteiger partial charge in [-0.2, -0.15) is 0 Å². The summed E-state index contributed by atoms with van der Waals surface area (Å²) in [4.78, 5) is 0. The van der Waals surface area contributed by atoms with Crippen LogP contribution in [-0.2, 0) is 6.54 Å². The predicted molar refractivity (Wildman–Crippen MR) is 79.9 cm³/mol. The fraction of sp³-hybridized carbons (Fsp3) is 0.538. The molecule has 17 heavy (non-hydrogen) atoms. The van der Waals surface area contributed by atoms with E-state index in [1.807, 2.05) is 6.07 Å². The maximum Gasteiger partial charge on any atom is 0.0504 e. The summed E-state index contributed by atoms with van der Waals surface area (Å²) >= 11 is 6.98. The number of benzene rings is 1. The molecule has 4 heteroatoms. The van der Waals surface area contributed by atoms with Gasteiger partial charge in [0, 0.05) is 21.5 Å². The Bertz CT molecular complexity index is 407. The smallest absolute Gasteiger partial charge is 0.0504 e. The third kappa shape index (κ3) is 3.24. The van der Waals surface area contributed by atoms with Gasteiger partial charge < -0.3 is 11.1 Å². The zero-order valence-electron chi connectivity index (χ0n) is 9.97. The van der Waals surface area contributed by atoms with E-state index in [1.54, 1.807) is 0 Å². The van der Waals surface area contributed by atoms with Crippen LogP contribution in [-0.4, -0.2) is 6.04 Å². The van der Waals surface area contributed by atoms with Gasteiger partial charge in [0.1, 0.15) is 0 Å². The number of hydrogen-bond donors (Lipinski definition) is 2. The highest BCUT2D eigenvalue weighted by Crippen LogP contribution is 2.29. The van der Waals surface area contributed by atoms with Gasteiger partial charge in [-0.1, -0.05) is 29.3 Å². The van der Waals surface area contributed by atoms with Crippen molar-refractivity contribution in [3.05, 3.63) is 26.6 Å². The van der Waals surface area contributed by atoms with Crippen LogP contribution in [0.3, 0.4) is 0 Å². The number of rotatable bonds is 3. The second kappa shape index (κ2) is 5.72. The van der Waals surface area contributed by atoms with Crippen LogP contribution in [0.15, 0.2) is 21.1 Å². The highest BCUT2D eigenvalue weighted by atomic mass is 79.9. The number of nitrogens with one attached hydrogen (secondary N) is 1. The van der Waals surface area contributed by atoms with E-state index < -0.39 is 0 Å². The Balaban J connectivity index is 2.03. The van der Waals surface area contributed by atoms with Crippen molar-refractivity contribution in [3.8, 4) is 0 Å². The molecule has 1 aromatic carbocycles. The van der Waals surface area contributed by atoms with Crippen molar-refractivity contribution in [2.24, 2.45) is 5.92 Å². The molecule has 0 amide bonds. The summed E-state index contributed by atoms with van der Waals surface area (Å²) in [5, 5.41) is 3.62. The van der Waals surface area contributed by atoms with Crippen LogP contribution in [0.1, 0.15) is 31.7 Å². The number of hydrogen-bond acceptors (Lipinski definition) is 2. The maximum absolute atomic E-state index is 6.06. The Kier molecular flexibility index (Phi) is 4.50. The van der Waals surface area contributed by atoms with Crippen LogP contribution < -0.4 is 11.1 Å². The summed E-state index contributed by atoms with van der Waals surface area (Å²) in [6, 6.07) is 4.72. The lowest BCUT2D eigenvalue weighted by molar-refractivity contribution is 0.426. The van der Waals surface area contributed by atoms with E-state index in [0.29, 0.717) is 6.04 Å². The first-order chi connectivity index (χ1) is 8.08. The van der Waals surface area contributed by atoms with Gasteiger partial charge in [-0.15, -0.1) is 0 Å². The van der Waals surface area contributed by atoms with E-state index in [0.717, 1.165) is 32.7 Å². The predicted octanol–water partition coefficient (Wildman–Crippen LogP) is 4.07. The van der Waals surface area contributed by atoms with E-state index in [4.69, 9.17) is 5.73 Å². The molecule has 1 fully saturated rings. The van der Waals surface area contributed by atoms with E-state index in [2.05, 4.69) is 50.2 Å². The average molecular weight is 362 g/mol. The zero-order valence-corrected chi connectivity index (χ0v) is 13.1. The van der Waals surface area contributed by atoms with Crippen LogP contribution in [0.2, 0.25) is 0 Å². The first kappa shape index (κ1) is 13.4. The minimum Gasteiger partial charge on any atom is -0.398 e. The fourth-order valence-electron chi connectivity index (χ4n) is 2.47. The fourth-order valence-corrected chi connectivity index (χ4v) is 3.79. The molecule has 0 unspecified atom stereocenters. The number of nitrogen functional groups attached to an aromatic ring is 1. The molecule has 0 heterocycles. The average Bonchev–Trinajstić information content (AvgIpc) is 2.67. The maximum atomic E-state index is 6.06.